The molecule has 2 heterocycles. The van der Waals surface area contributed by atoms with Gasteiger partial charge in [0.25, 0.3) is 5.89 Å². The van der Waals surface area contributed by atoms with Gasteiger partial charge in [0, 0.05) is 10.6 Å². The average Bonchev–Trinajstić information content (AvgIpc) is 3.24. The maximum atomic E-state index is 6.07. The number of para-hydroxylation sites is 2. The van der Waals surface area contributed by atoms with E-state index in [9.17, 15) is 0 Å². The Labute approximate surface area is 176 Å². The number of nitrogens with one attached hydrogen (secondary N) is 1. The molecule has 1 fully saturated rings. The van der Waals surface area contributed by atoms with Crippen LogP contribution in [0, 0.1) is 0 Å². The molecule has 1 saturated heterocycles. The molecule has 1 aromatic heterocycles. The Kier molecular flexibility index (Phi) is 6.02. The van der Waals surface area contributed by atoms with Gasteiger partial charge in [0.1, 0.15) is 5.75 Å². The third-order valence-corrected chi connectivity index (χ3v) is 5.64. The zero-order valence-corrected chi connectivity index (χ0v) is 17.5. The molecule has 3 aromatic rings. The molecule has 4 rings (SSSR count). The van der Waals surface area contributed by atoms with E-state index >= 15 is 0 Å². The molecule has 0 aliphatic carbocycles. The maximum Gasteiger partial charge on any atom is 0.274 e. The van der Waals surface area contributed by atoms with Gasteiger partial charge in [-0.25, -0.2) is 0 Å². The average molecular weight is 414 g/mol. The van der Waals surface area contributed by atoms with Gasteiger partial charge in [0.15, 0.2) is 6.04 Å². The van der Waals surface area contributed by atoms with Crippen LogP contribution in [-0.4, -0.2) is 43.0 Å². The second-order valence-electron chi connectivity index (χ2n) is 7.22. The summed E-state index contributed by atoms with van der Waals surface area (Å²) in [5.74, 6) is 2.13. The first-order chi connectivity index (χ1) is 14.2. The van der Waals surface area contributed by atoms with E-state index in [1.807, 2.05) is 43.3 Å². The Morgan fingerprint density at radius 1 is 1.14 bits per heavy atom. The molecule has 1 aliphatic rings. The molecule has 29 heavy (non-hydrogen) atoms. The van der Waals surface area contributed by atoms with Crippen molar-refractivity contribution in [2.45, 2.75) is 19.9 Å². The maximum absolute atomic E-state index is 6.07. The fraction of sp³-hybridized carbons (Fsp3) is 0.364. The Bertz CT molecular complexity index is 953. The van der Waals surface area contributed by atoms with Crippen molar-refractivity contribution < 1.29 is 14.1 Å². The van der Waals surface area contributed by atoms with Crippen molar-refractivity contribution in [2.24, 2.45) is 0 Å². The Balaban J connectivity index is 1.42. The minimum absolute atomic E-state index is 0.139. The fourth-order valence-electron chi connectivity index (χ4n) is 3.79. The number of rotatable bonds is 6. The van der Waals surface area contributed by atoms with E-state index in [4.69, 9.17) is 20.8 Å². The van der Waals surface area contributed by atoms with E-state index in [1.165, 1.54) is 10.6 Å². The van der Waals surface area contributed by atoms with Crippen LogP contribution in [-0.2, 0) is 0 Å². The molecule has 1 aliphatic heterocycles. The molecular weight excluding hydrogens is 388 g/mol. The highest BCUT2D eigenvalue weighted by Gasteiger charge is 2.30. The summed E-state index contributed by atoms with van der Waals surface area (Å²) in [5, 5.41) is 9.18. The summed E-state index contributed by atoms with van der Waals surface area (Å²) < 4.78 is 11.8. The lowest BCUT2D eigenvalue weighted by atomic mass is 10.2. The number of aromatic nitrogens is 2. The number of benzene rings is 2. The van der Waals surface area contributed by atoms with Crippen LogP contribution in [0.1, 0.15) is 25.8 Å². The smallest absolute Gasteiger partial charge is 0.274 e. The molecule has 0 amide bonds. The van der Waals surface area contributed by atoms with Gasteiger partial charge in [-0.05, 0) is 44.2 Å². The molecule has 1 N–H and O–H groups in total. The van der Waals surface area contributed by atoms with Gasteiger partial charge in [0.05, 0.1) is 38.5 Å². The first kappa shape index (κ1) is 19.7. The van der Waals surface area contributed by atoms with Crippen LogP contribution >= 0.6 is 11.6 Å². The van der Waals surface area contributed by atoms with Crippen LogP contribution in [0.4, 0.5) is 5.69 Å². The van der Waals surface area contributed by atoms with Crippen molar-refractivity contribution in [3.05, 3.63) is 59.4 Å². The monoisotopic (exact) mass is 413 g/mol. The van der Waals surface area contributed by atoms with Crippen molar-refractivity contribution in [3.8, 4) is 17.2 Å². The third-order valence-electron chi connectivity index (χ3n) is 5.41. The number of hydrogen-bond acceptors (Lipinski definition) is 5. The first-order valence-corrected chi connectivity index (χ1v) is 10.4. The topological polar surface area (TPSA) is 55.8 Å². The predicted molar refractivity (Wildman–Crippen MR) is 114 cm³/mol. The van der Waals surface area contributed by atoms with Crippen LogP contribution in [0.5, 0.6) is 5.75 Å². The molecule has 0 radical (unpaired) electrons. The van der Waals surface area contributed by atoms with Crippen LogP contribution in [0.25, 0.3) is 11.5 Å². The van der Waals surface area contributed by atoms with Gasteiger partial charge in [0.2, 0.25) is 5.89 Å². The molecule has 0 unspecified atom stereocenters. The van der Waals surface area contributed by atoms with Crippen LogP contribution in [0.3, 0.4) is 0 Å². The summed E-state index contributed by atoms with van der Waals surface area (Å²) in [6.45, 7) is 8.74. The zero-order chi connectivity index (χ0) is 20.2. The minimum atomic E-state index is 0.139. The first-order valence-electron chi connectivity index (χ1n) is 10.1. The number of halogens is 1. The zero-order valence-electron chi connectivity index (χ0n) is 16.8. The number of anilines is 1. The molecule has 2 aromatic carbocycles. The van der Waals surface area contributed by atoms with Crippen molar-refractivity contribution in [3.63, 3.8) is 0 Å². The highest BCUT2D eigenvalue weighted by molar-refractivity contribution is 6.30. The van der Waals surface area contributed by atoms with Gasteiger partial charge in [-0.1, -0.05) is 29.8 Å². The largest absolute Gasteiger partial charge is 0.492 e. The third kappa shape index (κ3) is 4.38. The fourth-order valence-corrected chi connectivity index (χ4v) is 3.98. The Morgan fingerprint density at radius 3 is 2.69 bits per heavy atom. The van der Waals surface area contributed by atoms with E-state index < -0.39 is 0 Å². The van der Waals surface area contributed by atoms with Gasteiger partial charge in [-0.2, -0.15) is 0 Å². The molecule has 1 atom stereocenters. The number of piperazine rings is 1. The van der Waals surface area contributed by atoms with Crippen molar-refractivity contribution >= 4 is 17.3 Å². The quantitative estimate of drug-likeness (QED) is 0.672. The molecular formula is C22H26ClN4O2+. The van der Waals surface area contributed by atoms with E-state index in [2.05, 4.69) is 34.2 Å². The molecule has 0 spiro atoms. The number of hydrogen-bond donors (Lipinski definition) is 1. The summed E-state index contributed by atoms with van der Waals surface area (Å²) in [5.41, 5.74) is 2.01. The van der Waals surface area contributed by atoms with Crippen molar-refractivity contribution in [1.82, 2.24) is 10.2 Å². The van der Waals surface area contributed by atoms with E-state index in [0.29, 0.717) is 23.4 Å². The summed E-state index contributed by atoms with van der Waals surface area (Å²) >= 11 is 6.07. The van der Waals surface area contributed by atoms with Crippen LogP contribution in [0.15, 0.2) is 52.9 Å². The SMILES string of the molecule is CCOc1ccccc1N1CC[NH+]([C@H](C)c2nnc(-c3cccc(Cl)c3)o2)CC1. The molecule has 7 heteroatoms. The predicted octanol–water partition coefficient (Wildman–Crippen LogP) is 3.25. The Hall–Kier alpha value is -2.57. The van der Waals surface area contributed by atoms with Gasteiger partial charge < -0.3 is 19.0 Å². The second kappa shape index (κ2) is 8.84. The molecule has 0 saturated carbocycles. The second-order valence-corrected chi connectivity index (χ2v) is 7.66. The van der Waals surface area contributed by atoms with Gasteiger partial charge >= 0.3 is 0 Å². The van der Waals surface area contributed by atoms with Crippen molar-refractivity contribution in [2.75, 3.05) is 37.7 Å². The number of quaternary nitrogens is 1. The van der Waals surface area contributed by atoms with Gasteiger partial charge in [-0.15, -0.1) is 10.2 Å². The molecule has 6 nitrogen and oxygen atoms in total. The van der Waals surface area contributed by atoms with Crippen LogP contribution in [0.2, 0.25) is 5.02 Å². The number of nitrogens with zero attached hydrogens (tertiary/aromatic N) is 3. The number of ether oxygens (including phenoxy) is 1. The summed E-state index contributed by atoms with van der Waals surface area (Å²) in [6, 6.07) is 15.9. The van der Waals surface area contributed by atoms with Crippen molar-refractivity contribution in [1.29, 1.82) is 0 Å². The van der Waals surface area contributed by atoms with Gasteiger partial charge in [-0.3, -0.25) is 0 Å². The summed E-state index contributed by atoms with van der Waals surface area (Å²) in [4.78, 5) is 3.84. The summed E-state index contributed by atoms with van der Waals surface area (Å²) in [6.07, 6.45) is 0. The lowest BCUT2D eigenvalue weighted by Gasteiger charge is -2.36. The molecule has 152 valence electrons. The minimum Gasteiger partial charge on any atom is -0.492 e. The normalized spacial score (nSPS) is 16.0. The standard InChI is InChI=1S/C22H25ClN4O2/c1-3-28-20-10-5-4-9-19(20)27-13-11-26(12-14-27)16(2)21-24-25-22(29-21)17-7-6-8-18(23)15-17/h4-10,15-16H,3,11-14H2,1-2H3/p+1/t16-/m1/s1. The summed E-state index contributed by atoms with van der Waals surface area (Å²) in [7, 11) is 0. The lowest BCUT2D eigenvalue weighted by Crippen LogP contribution is -3.14. The van der Waals surface area contributed by atoms with E-state index in [0.717, 1.165) is 37.5 Å². The van der Waals surface area contributed by atoms with E-state index in [1.54, 1.807) is 0 Å². The van der Waals surface area contributed by atoms with E-state index in [-0.39, 0.29) is 6.04 Å². The Morgan fingerprint density at radius 2 is 1.93 bits per heavy atom. The highest BCUT2D eigenvalue weighted by atomic mass is 35.5. The highest BCUT2D eigenvalue weighted by Crippen LogP contribution is 2.28. The molecule has 0 bridgehead atoms. The lowest BCUT2D eigenvalue weighted by molar-refractivity contribution is -0.931. The van der Waals surface area contributed by atoms with Crippen LogP contribution < -0.4 is 14.5 Å².